The van der Waals surface area contributed by atoms with E-state index in [0.717, 1.165) is 23.4 Å². The Balaban J connectivity index is 1.58. The number of rotatable bonds is 7. The standard InChI is InChI=1S/C20H22N4O2/c1-24(2)14-16-10-6-7-11-17(16)21-18(25)12-13-19-22-23-20(26-19)15-8-4-3-5-9-15/h3-11H,12-14H2,1-2H3,(H,21,25). The number of anilines is 1. The van der Waals surface area contributed by atoms with Crippen molar-refractivity contribution in [2.45, 2.75) is 19.4 Å². The Morgan fingerprint density at radius 2 is 1.77 bits per heavy atom. The Labute approximate surface area is 152 Å². The highest BCUT2D eigenvalue weighted by Gasteiger charge is 2.12. The third kappa shape index (κ3) is 4.77. The number of hydrogen-bond acceptors (Lipinski definition) is 5. The number of benzene rings is 2. The molecule has 0 fully saturated rings. The summed E-state index contributed by atoms with van der Waals surface area (Å²) in [5.41, 5.74) is 2.78. The lowest BCUT2D eigenvalue weighted by molar-refractivity contribution is -0.116. The molecule has 0 unspecified atom stereocenters. The van der Waals surface area contributed by atoms with Crippen molar-refractivity contribution in [3.8, 4) is 11.5 Å². The molecule has 0 radical (unpaired) electrons. The van der Waals surface area contributed by atoms with Crippen LogP contribution in [0.15, 0.2) is 59.0 Å². The van der Waals surface area contributed by atoms with E-state index >= 15 is 0 Å². The monoisotopic (exact) mass is 350 g/mol. The summed E-state index contributed by atoms with van der Waals surface area (Å²) in [5.74, 6) is 0.855. The maximum Gasteiger partial charge on any atom is 0.247 e. The first-order valence-electron chi connectivity index (χ1n) is 8.52. The first-order valence-corrected chi connectivity index (χ1v) is 8.52. The number of hydrogen-bond donors (Lipinski definition) is 1. The number of carbonyl (C=O) groups is 1. The van der Waals surface area contributed by atoms with Crippen LogP contribution < -0.4 is 5.32 Å². The molecule has 6 nitrogen and oxygen atoms in total. The summed E-state index contributed by atoms with van der Waals surface area (Å²) >= 11 is 0. The van der Waals surface area contributed by atoms with Gasteiger partial charge in [0.25, 0.3) is 0 Å². The number of aryl methyl sites for hydroxylation is 1. The number of aromatic nitrogens is 2. The molecule has 0 aliphatic rings. The highest BCUT2D eigenvalue weighted by molar-refractivity contribution is 5.91. The summed E-state index contributed by atoms with van der Waals surface area (Å²) in [6, 6.07) is 17.4. The first-order chi connectivity index (χ1) is 12.6. The van der Waals surface area contributed by atoms with E-state index in [1.165, 1.54) is 0 Å². The van der Waals surface area contributed by atoms with Crippen molar-refractivity contribution >= 4 is 11.6 Å². The predicted molar refractivity (Wildman–Crippen MR) is 101 cm³/mol. The fourth-order valence-corrected chi connectivity index (χ4v) is 2.61. The fourth-order valence-electron chi connectivity index (χ4n) is 2.61. The molecule has 0 atom stereocenters. The third-order valence-corrected chi connectivity index (χ3v) is 3.83. The van der Waals surface area contributed by atoms with Crippen LogP contribution in [0.5, 0.6) is 0 Å². The van der Waals surface area contributed by atoms with Gasteiger partial charge < -0.3 is 14.6 Å². The molecule has 0 saturated carbocycles. The van der Waals surface area contributed by atoms with E-state index in [2.05, 4.69) is 20.4 Å². The average Bonchev–Trinajstić information content (AvgIpc) is 3.11. The molecule has 0 spiro atoms. The largest absolute Gasteiger partial charge is 0.421 e. The van der Waals surface area contributed by atoms with E-state index < -0.39 is 0 Å². The molecule has 0 aliphatic heterocycles. The number of para-hydroxylation sites is 1. The minimum atomic E-state index is -0.0735. The number of amides is 1. The molecule has 3 rings (SSSR count). The molecule has 1 aromatic heterocycles. The fraction of sp³-hybridized carbons (Fsp3) is 0.250. The Morgan fingerprint density at radius 3 is 2.54 bits per heavy atom. The van der Waals surface area contributed by atoms with Crippen LogP contribution in [-0.4, -0.2) is 35.1 Å². The zero-order chi connectivity index (χ0) is 18.4. The maximum absolute atomic E-state index is 12.3. The van der Waals surface area contributed by atoms with Crippen LogP contribution in [0.25, 0.3) is 11.5 Å². The Kier molecular flexibility index (Phi) is 5.76. The van der Waals surface area contributed by atoms with Crippen molar-refractivity contribution in [1.29, 1.82) is 0 Å². The first kappa shape index (κ1) is 17.8. The minimum Gasteiger partial charge on any atom is -0.421 e. The molecular weight excluding hydrogens is 328 g/mol. The van der Waals surface area contributed by atoms with Gasteiger partial charge in [-0.15, -0.1) is 10.2 Å². The minimum absolute atomic E-state index is 0.0735. The lowest BCUT2D eigenvalue weighted by Gasteiger charge is -2.14. The summed E-state index contributed by atoms with van der Waals surface area (Å²) in [5, 5.41) is 11.0. The molecular formula is C20H22N4O2. The van der Waals surface area contributed by atoms with Crippen molar-refractivity contribution in [2.75, 3.05) is 19.4 Å². The second-order valence-corrected chi connectivity index (χ2v) is 6.31. The zero-order valence-corrected chi connectivity index (χ0v) is 15.0. The van der Waals surface area contributed by atoms with Crippen molar-refractivity contribution in [1.82, 2.24) is 15.1 Å². The highest BCUT2D eigenvalue weighted by Crippen LogP contribution is 2.19. The van der Waals surface area contributed by atoms with Gasteiger partial charge in [0.15, 0.2) is 0 Å². The van der Waals surface area contributed by atoms with Crippen molar-refractivity contribution in [3.63, 3.8) is 0 Å². The topological polar surface area (TPSA) is 71.3 Å². The Morgan fingerprint density at radius 1 is 1.04 bits per heavy atom. The van der Waals surface area contributed by atoms with Gasteiger partial charge >= 0.3 is 0 Å². The van der Waals surface area contributed by atoms with E-state index in [1.54, 1.807) is 0 Å². The molecule has 2 aromatic carbocycles. The van der Waals surface area contributed by atoms with Crippen LogP contribution in [0.3, 0.4) is 0 Å². The molecule has 6 heteroatoms. The highest BCUT2D eigenvalue weighted by atomic mass is 16.4. The quantitative estimate of drug-likeness (QED) is 0.707. The summed E-state index contributed by atoms with van der Waals surface area (Å²) in [6.45, 7) is 0.764. The summed E-state index contributed by atoms with van der Waals surface area (Å²) < 4.78 is 5.64. The Hall–Kier alpha value is -2.99. The average molecular weight is 350 g/mol. The van der Waals surface area contributed by atoms with Gasteiger partial charge in [0, 0.05) is 30.6 Å². The van der Waals surface area contributed by atoms with Gasteiger partial charge in [-0.2, -0.15) is 0 Å². The number of nitrogens with one attached hydrogen (secondary N) is 1. The van der Waals surface area contributed by atoms with Gasteiger partial charge in [-0.05, 0) is 37.9 Å². The Bertz CT molecular complexity index is 859. The van der Waals surface area contributed by atoms with Gasteiger partial charge in [-0.1, -0.05) is 36.4 Å². The van der Waals surface area contributed by atoms with Gasteiger partial charge in [-0.3, -0.25) is 4.79 Å². The van der Waals surface area contributed by atoms with Gasteiger partial charge in [0.1, 0.15) is 0 Å². The second kappa shape index (κ2) is 8.40. The van der Waals surface area contributed by atoms with Crippen LogP contribution in [0.1, 0.15) is 17.9 Å². The molecule has 1 N–H and O–H groups in total. The maximum atomic E-state index is 12.3. The van der Waals surface area contributed by atoms with Crippen molar-refractivity contribution in [2.24, 2.45) is 0 Å². The van der Waals surface area contributed by atoms with E-state index in [-0.39, 0.29) is 12.3 Å². The molecule has 0 saturated heterocycles. The van der Waals surface area contributed by atoms with E-state index in [9.17, 15) is 4.79 Å². The molecule has 1 amide bonds. The number of carbonyl (C=O) groups excluding carboxylic acids is 1. The van der Waals surface area contributed by atoms with E-state index in [4.69, 9.17) is 4.42 Å². The lowest BCUT2D eigenvalue weighted by Crippen LogP contribution is -2.17. The van der Waals surface area contributed by atoms with Crippen LogP contribution in [0, 0.1) is 0 Å². The molecule has 26 heavy (non-hydrogen) atoms. The SMILES string of the molecule is CN(C)Cc1ccccc1NC(=O)CCc1nnc(-c2ccccc2)o1. The van der Waals surface area contributed by atoms with Crippen molar-refractivity contribution in [3.05, 3.63) is 66.1 Å². The molecule has 0 aliphatic carbocycles. The van der Waals surface area contributed by atoms with E-state index in [0.29, 0.717) is 18.2 Å². The van der Waals surface area contributed by atoms with Crippen LogP contribution in [-0.2, 0) is 17.8 Å². The van der Waals surface area contributed by atoms with Gasteiger partial charge in [0.2, 0.25) is 17.7 Å². The van der Waals surface area contributed by atoms with Gasteiger partial charge in [-0.25, -0.2) is 0 Å². The second-order valence-electron chi connectivity index (χ2n) is 6.31. The summed E-state index contributed by atoms with van der Waals surface area (Å²) in [7, 11) is 4.00. The summed E-state index contributed by atoms with van der Waals surface area (Å²) in [4.78, 5) is 14.4. The summed E-state index contributed by atoms with van der Waals surface area (Å²) in [6.07, 6.45) is 0.689. The zero-order valence-electron chi connectivity index (χ0n) is 15.0. The third-order valence-electron chi connectivity index (χ3n) is 3.83. The molecule has 134 valence electrons. The smallest absolute Gasteiger partial charge is 0.247 e. The molecule has 0 bridgehead atoms. The normalized spacial score (nSPS) is 10.9. The lowest BCUT2D eigenvalue weighted by atomic mass is 10.1. The number of nitrogens with zero attached hydrogens (tertiary/aromatic N) is 3. The van der Waals surface area contributed by atoms with Gasteiger partial charge in [0.05, 0.1) is 0 Å². The van der Waals surface area contributed by atoms with Crippen LogP contribution >= 0.6 is 0 Å². The molecule has 1 heterocycles. The molecule has 3 aromatic rings. The van der Waals surface area contributed by atoms with Crippen LogP contribution in [0.4, 0.5) is 5.69 Å². The van der Waals surface area contributed by atoms with Crippen molar-refractivity contribution < 1.29 is 9.21 Å². The van der Waals surface area contributed by atoms with E-state index in [1.807, 2.05) is 68.7 Å². The predicted octanol–water partition coefficient (Wildman–Crippen LogP) is 3.37. The van der Waals surface area contributed by atoms with Crippen LogP contribution in [0.2, 0.25) is 0 Å².